The molecule has 0 bridgehead atoms. The highest BCUT2D eigenvalue weighted by Crippen LogP contribution is 2.17. The molecular weight excluding hydrogens is 244 g/mol. The molecule has 1 rings (SSSR count). The van der Waals surface area contributed by atoms with Gasteiger partial charge in [0.05, 0.1) is 5.75 Å². The number of anilines is 1. The molecule has 2 amide bonds. The summed E-state index contributed by atoms with van der Waals surface area (Å²) in [6, 6.07) is 5.21. The molecule has 0 saturated carbocycles. The number of urea groups is 1. The summed E-state index contributed by atoms with van der Waals surface area (Å²) in [4.78, 5) is 10.6. The molecule has 1 aromatic carbocycles. The largest absolute Gasteiger partial charge is 0.382 e. The van der Waals surface area contributed by atoms with Crippen molar-refractivity contribution in [3.05, 3.63) is 24.3 Å². The zero-order valence-electron chi connectivity index (χ0n) is 9.34. The van der Waals surface area contributed by atoms with Crippen LogP contribution in [0.5, 0.6) is 5.75 Å². The van der Waals surface area contributed by atoms with E-state index in [0.717, 1.165) is 0 Å². The van der Waals surface area contributed by atoms with Gasteiger partial charge in [-0.05, 0) is 30.7 Å². The van der Waals surface area contributed by atoms with Crippen LogP contribution in [-0.2, 0) is 10.1 Å². The molecule has 0 unspecified atom stereocenters. The topological polar surface area (TPSA) is 98.5 Å². The average molecular weight is 258 g/mol. The molecule has 0 aliphatic carbocycles. The lowest BCUT2D eigenvalue weighted by atomic mass is 10.3. The van der Waals surface area contributed by atoms with Crippen LogP contribution in [0.4, 0.5) is 10.5 Å². The number of primary amides is 1. The van der Waals surface area contributed by atoms with E-state index >= 15 is 0 Å². The Morgan fingerprint density at radius 1 is 1.35 bits per heavy atom. The molecule has 0 aliphatic heterocycles. The summed E-state index contributed by atoms with van der Waals surface area (Å²) in [6.45, 7) is 1.75. The number of benzene rings is 1. The second kappa shape index (κ2) is 5.53. The highest BCUT2D eigenvalue weighted by Gasteiger charge is 2.10. The van der Waals surface area contributed by atoms with Crippen molar-refractivity contribution in [2.24, 2.45) is 5.73 Å². The predicted molar refractivity (Wildman–Crippen MR) is 64.4 cm³/mol. The molecule has 0 saturated heterocycles. The number of rotatable bonds is 5. The molecule has 0 radical (unpaired) electrons. The Hall–Kier alpha value is -1.76. The number of amides is 2. The summed E-state index contributed by atoms with van der Waals surface area (Å²) >= 11 is 0. The van der Waals surface area contributed by atoms with Crippen LogP contribution in [0.25, 0.3) is 0 Å². The second-order valence-electron chi connectivity index (χ2n) is 3.36. The van der Waals surface area contributed by atoms with Crippen LogP contribution in [-0.4, -0.2) is 20.2 Å². The molecule has 6 nitrogen and oxygen atoms in total. The smallest absolute Gasteiger partial charge is 0.316 e. The number of nitrogens with one attached hydrogen (secondary N) is 1. The monoisotopic (exact) mass is 258 g/mol. The summed E-state index contributed by atoms with van der Waals surface area (Å²) in [5.74, 6) is 0.169. The SMILES string of the molecule is CCCS(=O)(=O)Oc1ccc(NC(N)=O)cc1. The molecule has 0 aliphatic rings. The average Bonchev–Trinajstić information content (AvgIpc) is 2.19. The summed E-state index contributed by atoms with van der Waals surface area (Å²) in [5, 5.41) is 2.35. The van der Waals surface area contributed by atoms with Crippen LogP contribution in [0, 0.1) is 0 Å². The van der Waals surface area contributed by atoms with Gasteiger partial charge in [-0.3, -0.25) is 0 Å². The lowest BCUT2D eigenvalue weighted by Crippen LogP contribution is -2.19. The van der Waals surface area contributed by atoms with E-state index in [1.54, 1.807) is 6.92 Å². The van der Waals surface area contributed by atoms with E-state index in [9.17, 15) is 13.2 Å². The van der Waals surface area contributed by atoms with Gasteiger partial charge in [0, 0.05) is 5.69 Å². The first-order valence-electron chi connectivity index (χ1n) is 5.01. The molecule has 1 aromatic rings. The number of hydrogen-bond donors (Lipinski definition) is 2. The van der Waals surface area contributed by atoms with E-state index in [4.69, 9.17) is 9.92 Å². The van der Waals surface area contributed by atoms with Gasteiger partial charge < -0.3 is 15.2 Å². The van der Waals surface area contributed by atoms with E-state index in [0.29, 0.717) is 12.1 Å². The first-order chi connectivity index (χ1) is 7.93. The molecule has 94 valence electrons. The van der Waals surface area contributed by atoms with Gasteiger partial charge in [0.2, 0.25) is 0 Å². The standard InChI is InChI=1S/C10H14N2O4S/c1-2-7-17(14,15)16-9-5-3-8(4-6-9)12-10(11)13/h3-6H,2,7H2,1H3,(H3,11,12,13). The third kappa shape index (κ3) is 4.73. The van der Waals surface area contributed by atoms with Crippen molar-refractivity contribution >= 4 is 21.8 Å². The zero-order valence-corrected chi connectivity index (χ0v) is 10.2. The Balaban J connectivity index is 2.72. The van der Waals surface area contributed by atoms with Gasteiger partial charge in [-0.2, -0.15) is 8.42 Å². The van der Waals surface area contributed by atoms with Crippen molar-refractivity contribution in [3.8, 4) is 5.75 Å². The molecule has 0 spiro atoms. The third-order valence-electron chi connectivity index (χ3n) is 1.80. The molecule has 0 heterocycles. The first-order valence-corrected chi connectivity index (χ1v) is 6.59. The lowest BCUT2D eigenvalue weighted by Gasteiger charge is -2.06. The van der Waals surface area contributed by atoms with Gasteiger partial charge in [0.15, 0.2) is 0 Å². The highest BCUT2D eigenvalue weighted by molar-refractivity contribution is 7.87. The van der Waals surface area contributed by atoms with Gasteiger partial charge >= 0.3 is 16.1 Å². The molecule has 7 heteroatoms. The van der Waals surface area contributed by atoms with E-state index in [-0.39, 0.29) is 11.5 Å². The van der Waals surface area contributed by atoms with Crippen LogP contribution >= 0.6 is 0 Å². The van der Waals surface area contributed by atoms with Crippen LogP contribution in [0.2, 0.25) is 0 Å². The Bertz CT molecular complexity index is 482. The molecule has 0 aromatic heterocycles. The Morgan fingerprint density at radius 2 is 1.94 bits per heavy atom. The van der Waals surface area contributed by atoms with Gasteiger partial charge in [-0.1, -0.05) is 6.92 Å². The Kier molecular flexibility index (Phi) is 4.33. The summed E-state index contributed by atoms with van der Waals surface area (Å²) in [7, 11) is -3.53. The molecule has 0 fully saturated rings. The van der Waals surface area contributed by atoms with Gasteiger partial charge in [0.25, 0.3) is 0 Å². The van der Waals surface area contributed by atoms with Gasteiger partial charge in [-0.15, -0.1) is 0 Å². The van der Waals surface area contributed by atoms with Crippen LogP contribution < -0.4 is 15.2 Å². The molecular formula is C10H14N2O4S. The fourth-order valence-electron chi connectivity index (χ4n) is 1.17. The molecule has 0 atom stereocenters. The maximum atomic E-state index is 11.4. The van der Waals surface area contributed by atoms with Crippen molar-refractivity contribution in [1.82, 2.24) is 0 Å². The normalized spacial score (nSPS) is 10.9. The quantitative estimate of drug-likeness (QED) is 0.777. The Labute approximate surface area is 99.9 Å². The van der Waals surface area contributed by atoms with E-state index in [2.05, 4.69) is 5.32 Å². The van der Waals surface area contributed by atoms with Crippen molar-refractivity contribution in [1.29, 1.82) is 0 Å². The number of carbonyl (C=O) groups excluding carboxylic acids is 1. The first kappa shape index (κ1) is 13.3. The maximum Gasteiger partial charge on any atom is 0.316 e. The second-order valence-corrected chi connectivity index (χ2v) is 5.05. The predicted octanol–water partition coefficient (Wildman–Crippen LogP) is 1.30. The summed E-state index contributed by atoms with van der Waals surface area (Å²) in [6.07, 6.45) is 0.490. The van der Waals surface area contributed by atoms with E-state index in [1.165, 1.54) is 24.3 Å². The van der Waals surface area contributed by atoms with Crippen molar-refractivity contribution in [2.75, 3.05) is 11.1 Å². The third-order valence-corrected chi connectivity index (χ3v) is 3.15. The molecule has 17 heavy (non-hydrogen) atoms. The zero-order chi connectivity index (χ0) is 12.9. The maximum absolute atomic E-state index is 11.4. The Morgan fingerprint density at radius 3 is 2.41 bits per heavy atom. The highest BCUT2D eigenvalue weighted by atomic mass is 32.2. The molecule has 3 N–H and O–H groups in total. The van der Waals surface area contributed by atoms with Gasteiger partial charge in [0.1, 0.15) is 5.75 Å². The minimum absolute atomic E-state index is 0.0334. The van der Waals surface area contributed by atoms with Crippen LogP contribution in [0.15, 0.2) is 24.3 Å². The fraction of sp³-hybridized carbons (Fsp3) is 0.300. The van der Waals surface area contributed by atoms with Crippen molar-refractivity contribution in [3.63, 3.8) is 0 Å². The van der Waals surface area contributed by atoms with Gasteiger partial charge in [-0.25, -0.2) is 4.79 Å². The van der Waals surface area contributed by atoms with Crippen molar-refractivity contribution in [2.45, 2.75) is 13.3 Å². The van der Waals surface area contributed by atoms with E-state index < -0.39 is 16.1 Å². The number of nitrogens with two attached hydrogens (primary N) is 1. The summed E-state index contributed by atoms with van der Waals surface area (Å²) in [5.41, 5.74) is 5.40. The van der Waals surface area contributed by atoms with Crippen LogP contribution in [0.1, 0.15) is 13.3 Å². The minimum atomic E-state index is -3.53. The number of carbonyl (C=O) groups is 1. The van der Waals surface area contributed by atoms with E-state index in [1.807, 2.05) is 0 Å². The van der Waals surface area contributed by atoms with Crippen LogP contribution in [0.3, 0.4) is 0 Å². The summed E-state index contributed by atoms with van der Waals surface area (Å²) < 4.78 is 27.5. The minimum Gasteiger partial charge on any atom is -0.382 e. The fourth-order valence-corrected chi connectivity index (χ4v) is 2.16. The number of hydrogen-bond acceptors (Lipinski definition) is 4. The van der Waals surface area contributed by atoms with Crippen molar-refractivity contribution < 1.29 is 17.4 Å². The lowest BCUT2D eigenvalue weighted by molar-refractivity contribution is 0.259.